The number of nitrogens with one attached hydrogen (secondary N) is 2. The average molecular weight is 426 g/mol. The predicted octanol–water partition coefficient (Wildman–Crippen LogP) is 3.60. The van der Waals surface area contributed by atoms with Gasteiger partial charge in [0.1, 0.15) is 0 Å². The second-order valence-electron chi connectivity index (χ2n) is 8.00. The molecule has 0 spiro atoms. The molecule has 0 saturated carbocycles. The lowest BCUT2D eigenvalue weighted by molar-refractivity contribution is 0.253. The Kier molecular flexibility index (Phi) is 5.17. The molecule has 1 aliphatic rings. The number of aromatic nitrogens is 4. The Morgan fingerprint density at radius 2 is 1.91 bits per heavy atom. The highest BCUT2D eigenvalue weighted by molar-refractivity contribution is 5.82. The summed E-state index contributed by atoms with van der Waals surface area (Å²) in [6, 6.07) is 15.1. The highest BCUT2D eigenvalue weighted by Crippen LogP contribution is 2.34. The Morgan fingerprint density at radius 3 is 2.59 bits per heavy atom. The van der Waals surface area contributed by atoms with Crippen molar-refractivity contribution < 1.29 is 4.74 Å². The molecular weight excluding hydrogens is 404 g/mol. The Balaban J connectivity index is 1.72. The molecule has 1 atom stereocenters. The van der Waals surface area contributed by atoms with Gasteiger partial charge in [0.05, 0.1) is 24.6 Å². The molecule has 0 amide bonds. The molecule has 0 radical (unpaired) electrons. The summed E-state index contributed by atoms with van der Waals surface area (Å²) in [5, 5.41) is 10.1. The highest BCUT2D eigenvalue weighted by atomic mass is 16.5. The van der Waals surface area contributed by atoms with E-state index in [1.165, 1.54) is 4.40 Å². The monoisotopic (exact) mass is 426 g/mol. The molecule has 4 aromatic rings. The molecule has 2 aromatic carbocycles. The average Bonchev–Trinajstić information content (AvgIpc) is 3.48. The minimum absolute atomic E-state index is 0.315. The molecule has 1 saturated heterocycles. The van der Waals surface area contributed by atoms with Gasteiger partial charge in [0, 0.05) is 18.0 Å². The van der Waals surface area contributed by atoms with E-state index in [-0.39, 0.29) is 5.69 Å². The van der Waals surface area contributed by atoms with Crippen LogP contribution in [-0.4, -0.2) is 39.3 Å². The second kappa shape index (κ2) is 8.29. The molecule has 160 valence electrons. The van der Waals surface area contributed by atoms with Gasteiger partial charge >= 0.3 is 5.69 Å². The number of hydrogen-bond acceptors (Lipinski definition) is 5. The first-order valence-electron chi connectivity index (χ1n) is 10.5. The highest BCUT2D eigenvalue weighted by Gasteiger charge is 2.23. The third kappa shape index (κ3) is 3.63. The SMILES string of the molecule is [C-]#[N+]c1ccc(-c2nc(OC[C@@H]3CCNC3)c3n[nH]c(=O)n3c2-c2ccc(C)cc2)cc1. The summed E-state index contributed by atoms with van der Waals surface area (Å²) in [7, 11) is 0. The number of rotatable bonds is 5. The lowest BCUT2D eigenvalue weighted by atomic mass is 10.0. The van der Waals surface area contributed by atoms with Crippen molar-refractivity contribution in [1.82, 2.24) is 24.9 Å². The van der Waals surface area contributed by atoms with Gasteiger partial charge in [-0.1, -0.05) is 54.1 Å². The topological polar surface area (TPSA) is 88.7 Å². The van der Waals surface area contributed by atoms with Crippen LogP contribution in [0.15, 0.2) is 53.3 Å². The molecule has 1 aliphatic heterocycles. The first-order valence-corrected chi connectivity index (χ1v) is 10.5. The summed E-state index contributed by atoms with van der Waals surface area (Å²) in [6.07, 6.45) is 1.04. The van der Waals surface area contributed by atoms with Gasteiger partial charge in [-0.25, -0.2) is 24.1 Å². The van der Waals surface area contributed by atoms with Crippen LogP contribution >= 0.6 is 0 Å². The number of fused-ring (bicyclic) bond motifs is 1. The van der Waals surface area contributed by atoms with Crippen LogP contribution in [0.1, 0.15) is 12.0 Å². The van der Waals surface area contributed by atoms with Crippen LogP contribution in [0.25, 0.3) is 33.0 Å². The van der Waals surface area contributed by atoms with Gasteiger partial charge in [-0.15, -0.1) is 5.10 Å². The fourth-order valence-electron chi connectivity index (χ4n) is 3.98. The normalized spacial score (nSPS) is 15.7. The van der Waals surface area contributed by atoms with Crippen LogP contribution in [0.2, 0.25) is 0 Å². The number of aryl methyl sites for hydroxylation is 1. The van der Waals surface area contributed by atoms with E-state index in [4.69, 9.17) is 16.3 Å². The minimum atomic E-state index is -0.357. The quantitative estimate of drug-likeness (QED) is 0.476. The Hall–Kier alpha value is -3.96. The van der Waals surface area contributed by atoms with Crippen molar-refractivity contribution in [2.24, 2.45) is 5.92 Å². The van der Waals surface area contributed by atoms with E-state index in [0.29, 0.717) is 41.1 Å². The predicted molar refractivity (Wildman–Crippen MR) is 122 cm³/mol. The maximum absolute atomic E-state index is 12.8. The largest absolute Gasteiger partial charge is 0.475 e. The smallest absolute Gasteiger partial charge is 0.348 e. The maximum Gasteiger partial charge on any atom is 0.348 e. The van der Waals surface area contributed by atoms with E-state index < -0.39 is 0 Å². The van der Waals surface area contributed by atoms with Gasteiger partial charge in [0.25, 0.3) is 5.88 Å². The van der Waals surface area contributed by atoms with Crippen molar-refractivity contribution >= 4 is 11.3 Å². The Labute approximate surface area is 184 Å². The molecule has 8 nitrogen and oxygen atoms in total. The fourth-order valence-corrected chi connectivity index (χ4v) is 3.98. The number of H-pyrrole nitrogens is 1. The van der Waals surface area contributed by atoms with Gasteiger partial charge in [-0.2, -0.15) is 0 Å². The third-order valence-corrected chi connectivity index (χ3v) is 5.74. The number of nitrogens with zero attached hydrogens (tertiary/aromatic N) is 4. The van der Waals surface area contributed by atoms with Crippen LogP contribution in [0, 0.1) is 19.4 Å². The molecule has 3 heterocycles. The van der Waals surface area contributed by atoms with Crippen molar-refractivity contribution in [2.45, 2.75) is 13.3 Å². The number of benzene rings is 2. The van der Waals surface area contributed by atoms with Crippen LogP contribution in [0.4, 0.5) is 5.69 Å². The van der Waals surface area contributed by atoms with Crippen LogP contribution in [0.3, 0.4) is 0 Å². The Morgan fingerprint density at radius 1 is 1.16 bits per heavy atom. The van der Waals surface area contributed by atoms with Gasteiger partial charge in [0.2, 0.25) is 5.65 Å². The molecule has 2 aromatic heterocycles. The molecule has 5 rings (SSSR count). The number of hydrogen-bond donors (Lipinski definition) is 2. The van der Waals surface area contributed by atoms with Crippen molar-refractivity contribution in [3.05, 3.63) is 76.0 Å². The molecule has 32 heavy (non-hydrogen) atoms. The zero-order chi connectivity index (χ0) is 22.1. The number of ether oxygens (including phenoxy) is 1. The lowest BCUT2D eigenvalue weighted by Crippen LogP contribution is -2.18. The van der Waals surface area contributed by atoms with Crippen molar-refractivity contribution in [2.75, 3.05) is 19.7 Å². The third-order valence-electron chi connectivity index (χ3n) is 5.74. The summed E-state index contributed by atoms with van der Waals surface area (Å²) in [4.78, 5) is 21.2. The second-order valence-corrected chi connectivity index (χ2v) is 8.00. The standard InChI is InChI=1S/C24H22N6O2/c1-15-3-5-18(6-4-15)21-20(17-7-9-19(25-2)10-8-17)27-23(22-28-29-24(31)30(21)22)32-14-16-11-12-26-13-16/h3-10,16,26H,11-14H2,1H3,(H,29,31)/t16-/m1/s1. The zero-order valence-corrected chi connectivity index (χ0v) is 17.6. The summed E-state index contributed by atoms with van der Waals surface area (Å²) in [5.41, 5.74) is 4.51. The van der Waals surface area contributed by atoms with Crippen molar-refractivity contribution in [1.29, 1.82) is 0 Å². The van der Waals surface area contributed by atoms with Gasteiger partial charge in [-0.3, -0.25) is 0 Å². The van der Waals surface area contributed by atoms with Gasteiger partial charge < -0.3 is 10.1 Å². The van der Waals surface area contributed by atoms with E-state index in [9.17, 15) is 4.79 Å². The fraction of sp³-hybridized carbons (Fsp3) is 0.250. The molecular formula is C24H22N6O2. The van der Waals surface area contributed by atoms with Crippen molar-refractivity contribution in [3.8, 4) is 28.4 Å². The first-order chi connectivity index (χ1) is 15.6. The van der Waals surface area contributed by atoms with E-state index in [0.717, 1.165) is 36.2 Å². The van der Waals surface area contributed by atoms with E-state index in [2.05, 4.69) is 20.4 Å². The summed E-state index contributed by atoms with van der Waals surface area (Å²) >= 11 is 0. The first kappa shape index (κ1) is 20.0. The maximum atomic E-state index is 12.8. The number of aromatic amines is 1. The van der Waals surface area contributed by atoms with Crippen LogP contribution in [-0.2, 0) is 0 Å². The Bertz CT molecular complexity index is 1360. The minimum Gasteiger partial charge on any atom is -0.475 e. The van der Waals surface area contributed by atoms with E-state index in [1.807, 2.05) is 43.3 Å². The summed E-state index contributed by atoms with van der Waals surface area (Å²) in [6.45, 7) is 11.6. The van der Waals surface area contributed by atoms with Gasteiger partial charge in [-0.05, 0) is 25.5 Å². The molecule has 1 fully saturated rings. The van der Waals surface area contributed by atoms with E-state index >= 15 is 0 Å². The zero-order valence-electron chi connectivity index (χ0n) is 17.6. The van der Waals surface area contributed by atoms with Crippen LogP contribution in [0.5, 0.6) is 5.88 Å². The van der Waals surface area contributed by atoms with Crippen LogP contribution < -0.4 is 15.7 Å². The van der Waals surface area contributed by atoms with Gasteiger partial charge in [0.15, 0.2) is 5.69 Å². The van der Waals surface area contributed by atoms with E-state index in [1.54, 1.807) is 12.1 Å². The molecule has 8 heteroatoms. The molecule has 2 N–H and O–H groups in total. The molecule has 0 bridgehead atoms. The molecule has 0 unspecified atom stereocenters. The summed E-state index contributed by atoms with van der Waals surface area (Å²) < 4.78 is 7.62. The van der Waals surface area contributed by atoms with Crippen molar-refractivity contribution in [3.63, 3.8) is 0 Å². The molecule has 0 aliphatic carbocycles. The lowest BCUT2D eigenvalue weighted by Gasteiger charge is -2.16. The summed E-state index contributed by atoms with van der Waals surface area (Å²) in [5.74, 6) is 0.705.